The zero-order valence-electron chi connectivity index (χ0n) is 14.8. The minimum atomic E-state index is 0.00828. The van der Waals surface area contributed by atoms with Gasteiger partial charge >= 0.3 is 0 Å². The van der Waals surface area contributed by atoms with Gasteiger partial charge in [0.2, 0.25) is 11.8 Å². The average molecular weight is 341 g/mol. The number of hydrogen-bond acceptors (Lipinski definition) is 3. The van der Waals surface area contributed by atoms with Crippen molar-refractivity contribution in [2.75, 3.05) is 26.2 Å². The topological polar surface area (TPSA) is 53.5 Å². The normalized spacial score (nSPS) is 19.4. The van der Waals surface area contributed by atoms with E-state index in [4.69, 9.17) is 0 Å². The number of pyridine rings is 1. The second-order valence-electron chi connectivity index (χ2n) is 7.03. The summed E-state index contributed by atoms with van der Waals surface area (Å²) in [4.78, 5) is 32.7. The summed E-state index contributed by atoms with van der Waals surface area (Å²) < 4.78 is 0. The molecule has 0 bridgehead atoms. The zero-order chi connectivity index (χ0) is 17.5. The lowest BCUT2D eigenvalue weighted by atomic mass is 10.0. The summed E-state index contributed by atoms with van der Waals surface area (Å²) in [6.45, 7) is 2.75. The summed E-state index contributed by atoms with van der Waals surface area (Å²) in [5, 5.41) is 0. The lowest BCUT2D eigenvalue weighted by Crippen LogP contribution is -2.37. The third-order valence-corrected chi connectivity index (χ3v) is 5.20. The highest BCUT2D eigenvalue weighted by molar-refractivity contribution is 5.91. The van der Waals surface area contributed by atoms with E-state index in [1.807, 2.05) is 21.9 Å². The number of carbonyl (C=O) groups is 2. The Morgan fingerprint density at radius 3 is 2.60 bits per heavy atom. The van der Waals surface area contributed by atoms with Crippen molar-refractivity contribution < 1.29 is 9.59 Å². The molecule has 0 spiro atoms. The Balaban J connectivity index is 1.49. The van der Waals surface area contributed by atoms with Gasteiger partial charge in [-0.3, -0.25) is 14.6 Å². The summed E-state index contributed by atoms with van der Waals surface area (Å²) >= 11 is 0. The molecule has 1 aliphatic carbocycles. The first-order valence-electron chi connectivity index (χ1n) is 9.37. The van der Waals surface area contributed by atoms with Crippen LogP contribution in [0.1, 0.15) is 44.1 Å². The molecular weight excluding hydrogens is 314 g/mol. The van der Waals surface area contributed by atoms with Crippen molar-refractivity contribution in [1.29, 1.82) is 0 Å². The predicted molar refractivity (Wildman–Crippen MR) is 97.6 cm³/mol. The fraction of sp³-hybridized carbons (Fsp3) is 0.550. The SMILES string of the molecule is O=C(C=Cc1cccnc1)N1CCCN(C(=O)CC2CCCC2)CC1. The van der Waals surface area contributed by atoms with Gasteiger partial charge in [0.05, 0.1) is 0 Å². The van der Waals surface area contributed by atoms with E-state index < -0.39 is 0 Å². The van der Waals surface area contributed by atoms with Crippen molar-refractivity contribution in [2.24, 2.45) is 5.92 Å². The van der Waals surface area contributed by atoms with E-state index in [2.05, 4.69) is 4.98 Å². The molecule has 2 aliphatic rings. The van der Waals surface area contributed by atoms with Crippen LogP contribution in [0.3, 0.4) is 0 Å². The minimum absolute atomic E-state index is 0.00828. The number of hydrogen-bond donors (Lipinski definition) is 0. The Bertz CT molecular complexity index is 609. The summed E-state index contributed by atoms with van der Waals surface area (Å²) in [5.74, 6) is 0.858. The van der Waals surface area contributed by atoms with Gasteiger partial charge in [0.1, 0.15) is 0 Å². The van der Waals surface area contributed by atoms with Gasteiger partial charge < -0.3 is 9.80 Å². The van der Waals surface area contributed by atoms with Crippen LogP contribution in [0, 0.1) is 5.92 Å². The first-order valence-corrected chi connectivity index (χ1v) is 9.37. The Hall–Kier alpha value is -2.17. The van der Waals surface area contributed by atoms with Gasteiger partial charge in [-0.2, -0.15) is 0 Å². The van der Waals surface area contributed by atoms with E-state index in [9.17, 15) is 9.59 Å². The van der Waals surface area contributed by atoms with Gasteiger partial charge in [0.25, 0.3) is 0 Å². The van der Waals surface area contributed by atoms with E-state index in [0.29, 0.717) is 32.0 Å². The number of rotatable bonds is 4. The molecule has 134 valence electrons. The van der Waals surface area contributed by atoms with Crippen molar-refractivity contribution in [1.82, 2.24) is 14.8 Å². The molecule has 0 unspecified atom stereocenters. The molecule has 1 aromatic heterocycles. The van der Waals surface area contributed by atoms with Crippen LogP contribution in [-0.2, 0) is 9.59 Å². The summed E-state index contributed by atoms with van der Waals surface area (Å²) in [6.07, 6.45) is 13.3. The van der Waals surface area contributed by atoms with Crippen LogP contribution < -0.4 is 0 Å². The minimum Gasteiger partial charge on any atom is -0.341 e. The molecule has 0 atom stereocenters. The quantitative estimate of drug-likeness (QED) is 0.791. The first kappa shape index (κ1) is 17.6. The zero-order valence-corrected chi connectivity index (χ0v) is 14.8. The number of nitrogens with zero attached hydrogens (tertiary/aromatic N) is 3. The van der Waals surface area contributed by atoms with Crippen molar-refractivity contribution in [3.63, 3.8) is 0 Å². The van der Waals surface area contributed by atoms with E-state index >= 15 is 0 Å². The summed E-state index contributed by atoms with van der Waals surface area (Å²) in [7, 11) is 0. The van der Waals surface area contributed by atoms with Gasteiger partial charge in [-0.25, -0.2) is 0 Å². The summed E-state index contributed by atoms with van der Waals surface area (Å²) in [6, 6.07) is 3.77. The van der Waals surface area contributed by atoms with Crippen molar-refractivity contribution in [3.05, 3.63) is 36.2 Å². The Kier molecular flexibility index (Phi) is 6.20. The molecule has 1 saturated heterocycles. The average Bonchev–Trinajstić information content (AvgIpc) is 3.01. The van der Waals surface area contributed by atoms with Crippen LogP contribution in [0.25, 0.3) is 6.08 Å². The molecule has 5 heteroatoms. The molecule has 1 aromatic rings. The third-order valence-electron chi connectivity index (χ3n) is 5.20. The lowest BCUT2D eigenvalue weighted by molar-refractivity contribution is -0.132. The molecule has 5 nitrogen and oxygen atoms in total. The van der Waals surface area contributed by atoms with Crippen molar-refractivity contribution in [3.8, 4) is 0 Å². The number of amides is 2. The van der Waals surface area contributed by atoms with E-state index in [1.165, 1.54) is 25.7 Å². The Labute approximate surface area is 149 Å². The highest BCUT2D eigenvalue weighted by Gasteiger charge is 2.24. The summed E-state index contributed by atoms with van der Waals surface area (Å²) in [5.41, 5.74) is 0.916. The molecule has 1 saturated carbocycles. The van der Waals surface area contributed by atoms with Crippen LogP contribution in [0.4, 0.5) is 0 Å². The smallest absolute Gasteiger partial charge is 0.246 e. The van der Waals surface area contributed by atoms with E-state index in [0.717, 1.165) is 18.5 Å². The monoisotopic (exact) mass is 341 g/mol. The number of aromatic nitrogens is 1. The molecule has 3 rings (SSSR count). The van der Waals surface area contributed by atoms with Gasteiger partial charge in [0, 0.05) is 51.1 Å². The second-order valence-corrected chi connectivity index (χ2v) is 7.03. The molecular formula is C20H27N3O2. The lowest BCUT2D eigenvalue weighted by Gasteiger charge is -2.22. The highest BCUT2D eigenvalue weighted by atomic mass is 16.2. The van der Waals surface area contributed by atoms with Crippen LogP contribution in [0.5, 0.6) is 0 Å². The van der Waals surface area contributed by atoms with E-state index in [-0.39, 0.29) is 11.8 Å². The molecule has 0 radical (unpaired) electrons. The van der Waals surface area contributed by atoms with Crippen LogP contribution in [0.15, 0.2) is 30.6 Å². The fourth-order valence-electron chi connectivity index (χ4n) is 3.73. The molecule has 2 fully saturated rings. The Morgan fingerprint density at radius 2 is 1.84 bits per heavy atom. The highest BCUT2D eigenvalue weighted by Crippen LogP contribution is 2.28. The third kappa shape index (κ3) is 5.15. The number of carbonyl (C=O) groups excluding carboxylic acids is 2. The predicted octanol–water partition coefficient (Wildman–Crippen LogP) is 2.74. The van der Waals surface area contributed by atoms with Gasteiger partial charge in [-0.15, -0.1) is 0 Å². The van der Waals surface area contributed by atoms with Crippen molar-refractivity contribution >= 4 is 17.9 Å². The maximum atomic E-state index is 12.5. The largest absolute Gasteiger partial charge is 0.341 e. The maximum Gasteiger partial charge on any atom is 0.246 e. The fourth-order valence-corrected chi connectivity index (χ4v) is 3.73. The van der Waals surface area contributed by atoms with Gasteiger partial charge in [-0.1, -0.05) is 18.9 Å². The van der Waals surface area contributed by atoms with Crippen LogP contribution in [-0.4, -0.2) is 52.8 Å². The van der Waals surface area contributed by atoms with Crippen LogP contribution >= 0.6 is 0 Å². The Morgan fingerprint density at radius 1 is 1.08 bits per heavy atom. The van der Waals surface area contributed by atoms with Crippen LogP contribution in [0.2, 0.25) is 0 Å². The molecule has 0 aromatic carbocycles. The molecule has 2 heterocycles. The maximum absolute atomic E-state index is 12.5. The first-order chi connectivity index (χ1) is 12.2. The second kappa shape index (κ2) is 8.79. The van der Waals surface area contributed by atoms with Gasteiger partial charge in [-0.05, 0) is 42.9 Å². The van der Waals surface area contributed by atoms with E-state index in [1.54, 1.807) is 24.5 Å². The molecule has 2 amide bonds. The molecule has 25 heavy (non-hydrogen) atoms. The van der Waals surface area contributed by atoms with Crippen molar-refractivity contribution in [2.45, 2.75) is 38.5 Å². The molecule has 1 aliphatic heterocycles. The van der Waals surface area contributed by atoms with Gasteiger partial charge in [0.15, 0.2) is 0 Å². The standard InChI is InChI=1S/C20H27N3O2/c24-19(9-8-18-7-3-10-21-16-18)22-11-4-12-23(14-13-22)20(25)15-17-5-1-2-6-17/h3,7-10,16-17H,1-2,4-6,11-15H2. The molecule has 0 N–H and O–H groups in total.